The second-order valence-electron chi connectivity index (χ2n) is 4.49. The average Bonchev–Trinajstić information content (AvgIpc) is 2.48. The van der Waals surface area contributed by atoms with Crippen LogP contribution in [-0.2, 0) is 0 Å². The zero-order valence-corrected chi connectivity index (χ0v) is 11.5. The van der Waals surface area contributed by atoms with E-state index in [1.54, 1.807) is 25.3 Å². The van der Waals surface area contributed by atoms with E-state index in [4.69, 9.17) is 15.2 Å². The van der Waals surface area contributed by atoms with Crippen molar-refractivity contribution >= 4 is 0 Å². The van der Waals surface area contributed by atoms with E-state index < -0.39 is 0 Å². The standard InChI is InChI=1S/C16H19NO3/c1-19-15-7-2-3-8-16(15)20-11-13(10-17)12-5-4-6-14(18)9-12/h2-9,13,18H,10-11,17H2,1H3. The summed E-state index contributed by atoms with van der Waals surface area (Å²) in [5.41, 5.74) is 6.76. The number of phenolic OH excluding ortho intramolecular Hbond substituents is 1. The largest absolute Gasteiger partial charge is 0.508 e. The fraction of sp³-hybridized carbons (Fsp3) is 0.250. The molecule has 0 heterocycles. The summed E-state index contributed by atoms with van der Waals surface area (Å²) in [6, 6.07) is 14.6. The van der Waals surface area contributed by atoms with Crippen molar-refractivity contribution in [1.82, 2.24) is 0 Å². The Hall–Kier alpha value is -2.20. The predicted molar refractivity (Wildman–Crippen MR) is 78.4 cm³/mol. The Bertz CT molecular complexity index is 557. The molecular formula is C16H19NO3. The minimum absolute atomic E-state index is 0.0204. The van der Waals surface area contributed by atoms with E-state index >= 15 is 0 Å². The molecule has 2 aromatic rings. The lowest BCUT2D eigenvalue weighted by molar-refractivity contribution is 0.273. The van der Waals surface area contributed by atoms with Crippen LogP contribution in [0.5, 0.6) is 17.2 Å². The van der Waals surface area contributed by atoms with Crippen molar-refractivity contribution < 1.29 is 14.6 Å². The van der Waals surface area contributed by atoms with Crippen molar-refractivity contribution in [3.8, 4) is 17.2 Å². The summed E-state index contributed by atoms with van der Waals surface area (Å²) in [6.07, 6.45) is 0. The van der Waals surface area contributed by atoms with Crippen LogP contribution >= 0.6 is 0 Å². The molecule has 0 aromatic heterocycles. The lowest BCUT2D eigenvalue weighted by Crippen LogP contribution is -2.19. The van der Waals surface area contributed by atoms with Gasteiger partial charge in [-0.2, -0.15) is 0 Å². The number of hydrogen-bond acceptors (Lipinski definition) is 4. The lowest BCUT2D eigenvalue weighted by Gasteiger charge is -2.17. The summed E-state index contributed by atoms with van der Waals surface area (Å²) < 4.78 is 11.0. The number of aromatic hydroxyl groups is 1. The van der Waals surface area contributed by atoms with Gasteiger partial charge in [-0.05, 0) is 29.8 Å². The van der Waals surface area contributed by atoms with Crippen molar-refractivity contribution in [3.63, 3.8) is 0 Å². The number of benzene rings is 2. The molecule has 0 aliphatic rings. The van der Waals surface area contributed by atoms with E-state index in [0.29, 0.717) is 24.7 Å². The van der Waals surface area contributed by atoms with Crippen LogP contribution in [0.1, 0.15) is 11.5 Å². The van der Waals surface area contributed by atoms with Gasteiger partial charge < -0.3 is 20.3 Å². The van der Waals surface area contributed by atoms with E-state index in [0.717, 1.165) is 5.56 Å². The van der Waals surface area contributed by atoms with Crippen LogP contribution in [0.25, 0.3) is 0 Å². The summed E-state index contributed by atoms with van der Waals surface area (Å²) in [7, 11) is 1.61. The van der Waals surface area contributed by atoms with E-state index in [9.17, 15) is 5.11 Å². The van der Waals surface area contributed by atoms with Gasteiger partial charge in [-0.15, -0.1) is 0 Å². The van der Waals surface area contributed by atoms with Crippen LogP contribution in [0.3, 0.4) is 0 Å². The SMILES string of the molecule is COc1ccccc1OCC(CN)c1cccc(O)c1. The molecule has 2 aromatic carbocycles. The van der Waals surface area contributed by atoms with Gasteiger partial charge in [0.1, 0.15) is 5.75 Å². The Morgan fingerprint density at radius 1 is 1.10 bits per heavy atom. The highest BCUT2D eigenvalue weighted by Gasteiger charge is 2.12. The number of phenols is 1. The predicted octanol–water partition coefficient (Wildman–Crippen LogP) is 2.52. The molecule has 1 atom stereocenters. The third-order valence-electron chi connectivity index (χ3n) is 3.14. The van der Waals surface area contributed by atoms with Gasteiger partial charge >= 0.3 is 0 Å². The minimum atomic E-state index is 0.0204. The van der Waals surface area contributed by atoms with Crippen molar-refractivity contribution in [2.24, 2.45) is 5.73 Å². The molecule has 106 valence electrons. The monoisotopic (exact) mass is 273 g/mol. The molecule has 1 unspecified atom stereocenters. The molecule has 4 heteroatoms. The zero-order chi connectivity index (χ0) is 14.4. The van der Waals surface area contributed by atoms with Crippen LogP contribution in [0, 0.1) is 0 Å². The first-order chi connectivity index (χ1) is 9.74. The molecule has 0 aliphatic heterocycles. The normalized spacial score (nSPS) is 11.9. The van der Waals surface area contributed by atoms with Crippen LogP contribution in [0.2, 0.25) is 0 Å². The van der Waals surface area contributed by atoms with Crippen molar-refractivity contribution in [2.45, 2.75) is 5.92 Å². The van der Waals surface area contributed by atoms with Gasteiger partial charge in [-0.3, -0.25) is 0 Å². The molecule has 0 spiro atoms. The Kier molecular flexibility index (Phi) is 4.85. The van der Waals surface area contributed by atoms with Gasteiger partial charge in [0.15, 0.2) is 11.5 Å². The molecule has 0 fully saturated rings. The fourth-order valence-corrected chi connectivity index (χ4v) is 2.01. The number of methoxy groups -OCH3 is 1. The van der Waals surface area contributed by atoms with Crippen LogP contribution in [0.4, 0.5) is 0 Å². The van der Waals surface area contributed by atoms with Gasteiger partial charge in [0.05, 0.1) is 13.7 Å². The molecule has 20 heavy (non-hydrogen) atoms. The van der Waals surface area contributed by atoms with Gasteiger partial charge in [-0.1, -0.05) is 24.3 Å². The Labute approximate surface area is 118 Å². The molecule has 0 bridgehead atoms. The summed E-state index contributed by atoms with van der Waals surface area (Å²) in [5.74, 6) is 1.64. The van der Waals surface area contributed by atoms with Crippen LogP contribution < -0.4 is 15.2 Å². The average molecular weight is 273 g/mol. The lowest BCUT2D eigenvalue weighted by atomic mass is 10.00. The highest BCUT2D eigenvalue weighted by molar-refractivity contribution is 5.39. The first-order valence-electron chi connectivity index (χ1n) is 6.49. The highest BCUT2D eigenvalue weighted by Crippen LogP contribution is 2.27. The van der Waals surface area contributed by atoms with Crippen molar-refractivity contribution in [2.75, 3.05) is 20.3 Å². The molecule has 0 saturated carbocycles. The summed E-state index contributed by atoms with van der Waals surface area (Å²) in [6.45, 7) is 0.874. The third-order valence-corrected chi connectivity index (χ3v) is 3.14. The maximum atomic E-state index is 9.52. The molecular weight excluding hydrogens is 254 g/mol. The summed E-state index contributed by atoms with van der Waals surface area (Å²) in [4.78, 5) is 0. The van der Waals surface area contributed by atoms with Gasteiger partial charge in [-0.25, -0.2) is 0 Å². The van der Waals surface area contributed by atoms with E-state index in [1.165, 1.54) is 0 Å². The molecule has 0 amide bonds. The quantitative estimate of drug-likeness (QED) is 0.849. The number of ether oxygens (including phenoxy) is 2. The first-order valence-corrected chi connectivity index (χ1v) is 6.49. The molecule has 0 saturated heterocycles. The van der Waals surface area contributed by atoms with Gasteiger partial charge in [0.2, 0.25) is 0 Å². The second kappa shape index (κ2) is 6.82. The molecule has 4 nitrogen and oxygen atoms in total. The minimum Gasteiger partial charge on any atom is -0.508 e. The highest BCUT2D eigenvalue weighted by atomic mass is 16.5. The van der Waals surface area contributed by atoms with Crippen LogP contribution in [-0.4, -0.2) is 25.4 Å². The van der Waals surface area contributed by atoms with Crippen molar-refractivity contribution in [3.05, 3.63) is 54.1 Å². The molecule has 2 rings (SSSR count). The molecule has 0 radical (unpaired) electrons. The maximum absolute atomic E-state index is 9.52. The van der Waals surface area contributed by atoms with Gasteiger partial charge in [0, 0.05) is 12.5 Å². The summed E-state index contributed by atoms with van der Waals surface area (Å²) in [5, 5.41) is 9.52. The molecule has 3 N–H and O–H groups in total. The topological polar surface area (TPSA) is 64.7 Å². The van der Waals surface area contributed by atoms with Gasteiger partial charge in [0.25, 0.3) is 0 Å². The molecule has 0 aliphatic carbocycles. The van der Waals surface area contributed by atoms with Crippen molar-refractivity contribution in [1.29, 1.82) is 0 Å². The Balaban J connectivity index is 2.08. The zero-order valence-electron chi connectivity index (χ0n) is 11.5. The Morgan fingerprint density at radius 3 is 2.50 bits per heavy atom. The van der Waals surface area contributed by atoms with E-state index in [1.807, 2.05) is 30.3 Å². The fourth-order valence-electron chi connectivity index (χ4n) is 2.01. The van der Waals surface area contributed by atoms with E-state index in [-0.39, 0.29) is 11.7 Å². The Morgan fingerprint density at radius 2 is 1.85 bits per heavy atom. The second-order valence-corrected chi connectivity index (χ2v) is 4.49. The third kappa shape index (κ3) is 3.42. The maximum Gasteiger partial charge on any atom is 0.161 e. The van der Waals surface area contributed by atoms with E-state index in [2.05, 4.69) is 0 Å². The first kappa shape index (κ1) is 14.2. The number of para-hydroxylation sites is 2. The number of nitrogens with two attached hydrogens (primary N) is 1. The number of hydrogen-bond donors (Lipinski definition) is 2. The number of rotatable bonds is 6. The summed E-state index contributed by atoms with van der Waals surface area (Å²) >= 11 is 0. The smallest absolute Gasteiger partial charge is 0.161 e. The van der Waals surface area contributed by atoms with Crippen LogP contribution in [0.15, 0.2) is 48.5 Å².